The van der Waals surface area contributed by atoms with E-state index in [2.05, 4.69) is 0 Å². The molecular weight excluding hydrogens is 196 g/mol. The lowest BCUT2D eigenvalue weighted by molar-refractivity contribution is -0.135. The number of fused-ring (bicyclic) bond motifs is 1. The molecule has 1 heterocycles. The van der Waals surface area contributed by atoms with Crippen LogP contribution in [0.3, 0.4) is 0 Å². The number of hydrogen-bond donors (Lipinski definition) is 1. The van der Waals surface area contributed by atoms with Gasteiger partial charge < -0.3 is 14.6 Å². The number of hydrogen-bond acceptors (Lipinski definition) is 3. The van der Waals surface area contributed by atoms with E-state index in [0.717, 1.165) is 11.3 Å². The molecule has 0 fully saturated rings. The largest absolute Gasteiger partial charge is 0.481 e. The first-order valence-corrected chi connectivity index (χ1v) is 4.54. The van der Waals surface area contributed by atoms with Crippen LogP contribution in [-0.4, -0.2) is 17.9 Å². The van der Waals surface area contributed by atoms with Crippen molar-refractivity contribution in [3.05, 3.63) is 29.8 Å². The fourth-order valence-electron chi connectivity index (χ4n) is 1.31. The van der Waals surface area contributed by atoms with Crippen molar-refractivity contribution in [2.75, 3.05) is 6.79 Å². The zero-order chi connectivity index (χ0) is 10.7. The van der Waals surface area contributed by atoms with Crippen LogP contribution in [0.1, 0.15) is 12.0 Å². The summed E-state index contributed by atoms with van der Waals surface area (Å²) >= 11 is 0. The van der Waals surface area contributed by atoms with E-state index >= 15 is 0 Å². The van der Waals surface area contributed by atoms with Crippen LogP contribution in [0.2, 0.25) is 0 Å². The Morgan fingerprint density at radius 3 is 3.00 bits per heavy atom. The van der Waals surface area contributed by atoms with Crippen molar-refractivity contribution in [3.63, 3.8) is 0 Å². The lowest BCUT2D eigenvalue weighted by Crippen LogP contribution is -1.92. The summed E-state index contributed by atoms with van der Waals surface area (Å²) in [5.41, 5.74) is 0.903. The highest BCUT2D eigenvalue weighted by molar-refractivity contribution is 5.70. The molecule has 0 amide bonds. The summed E-state index contributed by atoms with van der Waals surface area (Å²) in [6, 6.07) is 5.48. The van der Waals surface area contributed by atoms with Crippen molar-refractivity contribution in [1.82, 2.24) is 0 Å². The van der Waals surface area contributed by atoms with Crippen LogP contribution in [0.15, 0.2) is 24.3 Å². The predicted molar refractivity (Wildman–Crippen MR) is 53.9 cm³/mol. The molecule has 1 N–H and O–H groups in total. The van der Waals surface area contributed by atoms with Crippen molar-refractivity contribution >= 4 is 12.0 Å². The molecule has 0 saturated carbocycles. The standard InChI is InChI=1S/C11H10O4/c12-11(13)3-1-2-8-4-5-9-10(6-8)15-7-14-9/h1-2,4-6H,3,7H2,(H,12,13)/b2-1+. The number of benzene rings is 1. The Labute approximate surface area is 86.7 Å². The zero-order valence-electron chi connectivity index (χ0n) is 7.97. The van der Waals surface area contributed by atoms with Gasteiger partial charge in [-0.1, -0.05) is 18.2 Å². The zero-order valence-corrected chi connectivity index (χ0v) is 7.97. The summed E-state index contributed by atoms with van der Waals surface area (Å²) in [4.78, 5) is 10.3. The van der Waals surface area contributed by atoms with Gasteiger partial charge in [0.2, 0.25) is 6.79 Å². The molecule has 15 heavy (non-hydrogen) atoms. The van der Waals surface area contributed by atoms with Gasteiger partial charge in [0.15, 0.2) is 11.5 Å². The summed E-state index contributed by atoms with van der Waals surface area (Å²) in [5.74, 6) is 0.588. The summed E-state index contributed by atoms with van der Waals surface area (Å²) in [6.45, 7) is 0.248. The minimum atomic E-state index is -0.841. The maximum absolute atomic E-state index is 10.3. The third-order valence-electron chi connectivity index (χ3n) is 2.00. The highest BCUT2D eigenvalue weighted by Crippen LogP contribution is 2.32. The fraction of sp³-hybridized carbons (Fsp3) is 0.182. The van der Waals surface area contributed by atoms with Gasteiger partial charge in [-0.2, -0.15) is 0 Å². The lowest BCUT2D eigenvalue weighted by Gasteiger charge is -1.96. The van der Waals surface area contributed by atoms with Gasteiger partial charge in [0.1, 0.15) is 0 Å². The van der Waals surface area contributed by atoms with E-state index in [0.29, 0.717) is 5.75 Å². The van der Waals surface area contributed by atoms with Crippen molar-refractivity contribution in [2.24, 2.45) is 0 Å². The highest BCUT2D eigenvalue weighted by Gasteiger charge is 2.11. The van der Waals surface area contributed by atoms with E-state index in [4.69, 9.17) is 14.6 Å². The molecule has 2 rings (SSSR count). The third kappa shape index (κ3) is 2.28. The Kier molecular flexibility index (Phi) is 2.58. The first-order chi connectivity index (χ1) is 7.25. The molecule has 0 unspecified atom stereocenters. The normalized spacial score (nSPS) is 13.3. The second-order valence-corrected chi connectivity index (χ2v) is 3.11. The van der Waals surface area contributed by atoms with Crippen LogP contribution in [0, 0.1) is 0 Å². The molecule has 0 spiro atoms. The van der Waals surface area contributed by atoms with Crippen LogP contribution in [0.25, 0.3) is 6.08 Å². The van der Waals surface area contributed by atoms with Gasteiger partial charge >= 0.3 is 5.97 Å². The molecule has 1 aromatic rings. The molecule has 0 radical (unpaired) electrons. The molecule has 78 valence electrons. The Bertz CT molecular complexity index is 409. The summed E-state index contributed by atoms with van der Waals surface area (Å²) in [5, 5.41) is 8.45. The number of ether oxygens (including phenoxy) is 2. The first-order valence-electron chi connectivity index (χ1n) is 4.54. The second-order valence-electron chi connectivity index (χ2n) is 3.11. The van der Waals surface area contributed by atoms with E-state index in [9.17, 15) is 4.79 Å². The molecule has 4 nitrogen and oxygen atoms in total. The van der Waals surface area contributed by atoms with E-state index < -0.39 is 5.97 Å². The van der Waals surface area contributed by atoms with Gasteiger partial charge in [0, 0.05) is 0 Å². The number of carbonyl (C=O) groups is 1. The van der Waals surface area contributed by atoms with E-state index in [1.165, 1.54) is 0 Å². The molecule has 1 aliphatic heterocycles. The molecule has 4 heteroatoms. The van der Waals surface area contributed by atoms with Crippen LogP contribution in [0.4, 0.5) is 0 Å². The Hall–Kier alpha value is -1.97. The molecule has 0 aromatic heterocycles. The predicted octanol–water partition coefficient (Wildman–Crippen LogP) is 1.90. The van der Waals surface area contributed by atoms with Crippen LogP contribution < -0.4 is 9.47 Å². The number of carboxylic acids is 1. The van der Waals surface area contributed by atoms with Crippen molar-refractivity contribution < 1.29 is 19.4 Å². The summed E-state index contributed by atoms with van der Waals surface area (Å²) < 4.78 is 10.3. The average Bonchev–Trinajstić information content (AvgIpc) is 2.64. The summed E-state index contributed by atoms with van der Waals surface area (Å²) in [7, 11) is 0. The van der Waals surface area contributed by atoms with Crippen molar-refractivity contribution in [3.8, 4) is 11.5 Å². The Morgan fingerprint density at radius 2 is 2.20 bits per heavy atom. The van der Waals surface area contributed by atoms with Crippen LogP contribution in [0.5, 0.6) is 11.5 Å². The molecule has 1 aliphatic rings. The third-order valence-corrected chi connectivity index (χ3v) is 2.00. The average molecular weight is 206 g/mol. The van der Waals surface area contributed by atoms with Gasteiger partial charge in [-0.05, 0) is 17.7 Å². The van der Waals surface area contributed by atoms with Crippen LogP contribution >= 0.6 is 0 Å². The Balaban J connectivity index is 2.10. The van der Waals surface area contributed by atoms with Crippen LogP contribution in [-0.2, 0) is 4.79 Å². The molecule has 0 bridgehead atoms. The molecular formula is C11H10O4. The van der Waals surface area contributed by atoms with Gasteiger partial charge in [-0.25, -0.2) is 0 Å². The minimum Gasteiger partial charge on any atom is -0.481 e. The molecule has 1 aromatic carbocycles. The minimum absolute atomic E-state index is 0.0223. The quantitative estimate of drug-likeness (QED) is 0.820. The van der Waals surface area contributed by atoms with E-state index in [-0.39, 0.29) is 13.2 Å². The van der Waals surface area contributed by atoms with Gasteiger partial charge in [-0.3, -0.25) is 4.79 Å². The Morgan fingerprint density at radius 1 is 1.40 bits per heavy atom. The maximum atomic E-state index is 10.3. The first kappa shape index (κ1) is 9.58. The molecule has 0 atom stereocenters. The fourth-order valence-corrected chi connectivity index (χ4v) is 1.31. The van der Waals surface area contributed by atoms with E-state index in [1.54, 1.807) is 12.2 Å². The SMILES string of the molecule is O=C(O)C/C=C/c1ccc2c(c1)OCO2. The second kappa shape index (κ2) is 4.04. The molecule has 0 aliphatic carbocycles. The smallest absolute Gasteiger partial charge is 0.307 e. The lowest BCUT2D eigenvalue weighted by atomic mass is 10.2. The number of rotatable bonds is 3. The van der Waals surface area contributed by atoms with Gasteiger partial charge in [0.25, 0.3) is 0 Å². The number of aliphatic carboxylic acids is 1. The monoisotopic (exact) mass is 206 g/mol. The molecule has 0 saturated heterocycles. The topological polar surface area (TPSA) is 55.8 Å². The number of carboxylic acid groups (broad SMARTS) is 1. The van der Waals surface area contributed by atoms with Gasteiger partial charge in [0.05, 0.1) is 6.42 Å². The van der Waals surface area contributed by atoms with Gasteiger partial charge in [-0.15, -0.1) is 0 Å². The van der Waals surface area contributed by atoms with Crippen molar-refractivity contribution in [2.45, 2.75) is 6.42 Å². The maximum Gasteiger partial charge on any atom is 0.307 e. The summed E-state index contributed by atoms with van der Waals surface area (Å²) in [6.07, 6.45) is 3.37. The van der Waals surface area contributed by atoms with E-state index in [1.807, 2.05) is 18.2 Å². The highest BCUT2D eigenvalue weighted by atomic mass is 16.7. The van der Waals surface area contributed by atoms with Crippen molar-refractivity contribution in [1.29, 1.82) is 0 Å².